The molecule has 0 aliphatic carbocycles. The fraction of sp³-hybridized carbons (Fsp3) is 0.409. The monoisotopic (exact) mass is 431 g/mol. The predicted octanol–water partition coefficient (Wildman–Crippen LogP) is 2.80. The molecule has 1 aliphatic heterocycles. The molecular formula is C22H25NO6S. The number of rotatable bonds is 7. The van der Waals surface area contributed by atoms with E-state index in [0.717, 1.165) is 33.1 Å². The number of hydrogen-bond donors (Lipinski definition) is 0. The Bertz CT molecular complexity index is 1150. The quantitative estimate of drug-likeness (QED) is 0.532. The molecule has 0 amide bonds. The van der Waals surface area contributed by atoms with Crippen molar-refractivity contribution in [2.75, 3.05) is 44.4 Å². The lowest BCUT2D eigenvalue weighted by molar-refractivity contribution is -0.142. The molecule has 7 nitrogen and oxygen atoms in total. The molecule has 160 valence electrons. The van der Waals surface area contributed by atoms with E-state index in [2.05, 4.69) is 4.90 Å². The van der Waals surface area contributed by atoms with E-state index in [4.69, 9.17) is 13.9 Å². The van der Waals surface area contributed by atoms with Crippen LogP contribution in [0.4, 0.5) is 0 Å². The zero-order valence-electron chi connectivity index (χ0n) is 16.9. The third kappa shape index (κ3) is 4.60. The summed E-state index contributed by atoms with van der Waals surface area (Å²) < 4.78 is 39.6. The minimum Gasteiger partial charge on any atom is -0.492 e. The van der Waals surface area contributed by atoms with Gasteiger partial charge < -0.3 is 13.9 Å². The van der Waals surface area contributed by atoms with Crippen molar-refractivity contribution < 1.29 is 27.1 Å². The summed E-state index contributed by atoms with van der Waals surface area (Å²) in [6.45, 7) is 4.45. The molecule has 8 heteroatoms. The van der Waals surface area contributed by atoms with Gasteiger partial charge >= 0.3 is 5.97 Å². The first-order valence-corrected chi connectivity index (χ1v) is 11.9. The van der Waals surface area contributed by atoms with Crippen molar-refractivity contribution in [2.45, 2.75) is 13.3 Å². The van der Waals surface area contributed by atoms with Gasteiger partial charge in [0.25, 0.3) is 0 Å². The van der Waals surface area contributed by atoms with Crippen molar-refractivity contribution in [1.29, 1.82) is 0 Å². The molecule has 0 atom stereocenters. The highest BCUT2D eigenvalue weighted by Gasteiger charge is 2.21. The predicted molar refractivity (Wildman–Crippen MR) is 115 cm³/mol. The molecule has 2 aromatic carbocycles. The van der Waals surface area contributed by atoms with Crippen LogP contribution in [0.5, 0.6) is 5.75 Å². The number of ether oxygens (including phenoxy) is 2. The van der Waals surface area contributed by atoms with Gasteiger partial charge in [-0.3, -0.25) is 9.69 Å². The van der Waals surface area contributed by atoms with Crippen LogP contribution in [0.25, 0.3) is 21.7 Å². The summed E-state index contributed by atoms with van der Waals surface area (Å²) in [5.74, 6) is 0.917. The van der Waals surface area contributed by atoms with Crippen LogP contribution in [-0.2, 0) is 25.8 Å². The smallest absolute Gasteiger partial charge is 0.310 e. The first-order valence-electron chi connectivity index (χ1n) is 10.1. The summed E-state index contributed by atoms with van der Waals surface area (Å²) in [5, 5.41) is 2.91. The Morgan fingerprint density at radius 1 is 1.17 bits per heavy atom. The molecular weight excluding hydrogens is 406 g/mol. The van der Waals surface area contributed by atoms with Crippen LogP contribution >= 0.6 is 0 Å². The Labute approximate surface area is 175 Å². The lowest BCUT2D eigenvalue weighted by atomic mass is 10.0. The van der Waals surface area contributed by atoms with E-state index < -0.39 is 9.84 Å². The van der Waals surface area contributed by atoms with Crippen LogP contribution in [-0.4, -0.2) is 63.6 Å². The van der Waals surface area contributed by atoms with E-state index >= 15 is 0 Å². The Kier molecular flexibility index (Phi) is 5.97. The Hall–Kier alpha value is -2.58. The first kappa shape index (κ1) is 20.7. The van der Waals surface area contributed by atoms with Gasteiger partial charge in [-0.2, -0.15) is 0 Å². The van der Waals surface area contributed by atoms with Crippen LogP contribution in [0.15, 0.2) is 41.0 Å². The maximum absolute atomic E-state index is 11.9. The van der Waals surface area contributed by atoms with E-state index in [1.807, 2.05) is 30.3 Å². The van der Waals surface area contributed by atoms with Gasteiger partial charge in [0.1, 0.15) is 17.9 Å². The van der Waals surface area contributed by atoms with Crippen LogP contribution in [0.1, 0.15) is 12.5 Å². The molecule has 4 rings (SSSR count). The fourth-order valence-electron chi connectivity index (χ4n) is 3.76. The van der Waals surface area contributed by atoms with Crippen molar-refractivity contribution in [3.8, 4) is 5.75 Å². The van der Waals surface area contributed by atoms with E-state index in [0.29, 0.717) is 32.8 Å². The fourth-order valence-corrected chi connectivity index (χ4v) is 5.04. The summed E-state index contributed by atoms with van der Waals surface area (Å²) in [4.78, 5) is 14.0. The van der Waals surface area contributed by atoms with Gasteiger partial charge in [0.05, 0.1) is 30.8 Å². The zero-order valence-corrected chi connectivity index (χ0v) is 17.7. The molecule has 1 saturated heterocycles. The van der Waals surface area contributed by atoms with Gasteiger partial charge in [-0.25, -0.2) is 8.42 Å². The van der Waals surface area contributed by atoms with Gasteiger partial charge in [-0.15, -0.1) is 0 Å². The summed E-state index contributed by atoms with van der Waals surface area (Å²) >= 11 is 0. The van der Waals surface area contributed by atoms with Gasteiger partial charge in [0, 0.05) is 30.6 Å². The maximum Gasteiger partial charge on any atom is 0.310 e. The van der Waals surface area contributed by atoms with Crippen molar-refractivity contribution in [3.63, 3.8) is 0 Å². The number of sulfone groups is 1. The summed E-state index contributed by atoms with van der Waals surface area (Å²) in [5.41, 5.74) is 1.54. The lowest BCUT2D eigenvalue weighted by Gasteiger charge is -2.26. The number of carbonyl (C=O) groups excluding carboxylic acids is 1. The van der Waals surface area contributed by atoms with E-state index in [-0.39, 0.29) is 23.9 Å². The van der Waals surface area contributed by atoms with Gasteiger partial charge in [-0.1, -0.05) is 6.07 Å². The highest BCUT2D eigenvalue weighted by Crippen LogP contribution is 2.32. The molecule has 3 aromatic rings. The Morgan fingerprint density at radius 3 is 2.73 bits per heavy atom. The highest BCUT2D eigenvalue weighted by molar-refractivity contribution is 7.91. The summed E-state index contributed by atoms with van der Waals surface area (Å²) in [6.07, 6.45) is 1.79. The summed E-state index contributed by atoms with van der Waals surface area (Å²) in [7, 11) is -2.86. The van der Waals surface area contributed by atoms with Crippen molar-refractivity contribution in [1.82, 2.24) is 4.90 Å². The second-order valence-corrected chi connectivity index (χ2v) is 9.71. The molecule has 0 spiro atoms. The second kappa shape index (κ2) is 8.65. The maximum atomic E-state index is 11.9. The number of nitrogens with zero attached hydrogens (tertiary/aromatic N) is 1. The van der Waals surface area contributed by atoms with Crippen LogP contribution < -0.4 is 4.74 Å². The number of carbonyl (C=O) groups is 1. The largest absolute Gasteiger partial charge is 0.492 e. The molecule has 30 heavy (non-hydrogen) atoms. The summed E-state index contributed by atoms with van der Waals surface area (Å²) in [6, 6.07) is 9.72. The number of esters is 1. The van der Waals surface area contributed by atoms with Crippen LogP contribution in [0.2, 0.25) is 0 Å². The number of benzene rings is 2. The minimum absolute atomic E-state index is 0.170. The molecule has 0 bridgehead atoms. The molecule has 1 aromatic heterocycles. The average molecular weight is 432 g/mol. The third-order valence-corrected chi connectivity index (χ3v) is 6.96. The molecule has 1 aliphatic rings. The van der Waals surface area contributed by atoms with Crippen LogP contribution in [0.3, 0.4) is 0 Å². The lowest BCUT2D eigenvalue weighted by Crippen LogP contribution is -2.42. The Morgan fingerprint density at radius 2 is 1.97 bits per heavy atom. The molecule has 2 heterocycles. The van der Waals surface area contributed by atoms with E-state index in [1.54, 1.807) is 13.2 Å². The normalized spacial score (nSPS) is 16.7. The first-order chi connectivity index (χ1) is 14.4. The molecule has 1 fully saturated rings. The van der Waals surface area contributed by atoms with Crippen molar-refractivity contribution in [2.24, 2.45) is 0 Å². The second-order valence-electron chi connectivity index (χ2n) is 7.41. The van der Waals surface area contributed by atoms with Crippen molar-refractivity contribution in [3.05, 3.63) is 42.2 Å². The topological polar surface area (TPSA) is 86.1 Å². The van der Waals surface area contributed by atoms with Crippen molar-refractivity contribution >= 4 is 37.5 Å². The SMILES string of the molecule is CCOC(=O)Cc1coc2ccc3cc(OCCN4CCS(=O)(=O)CC4)ccc3c12. The van der Waals surface area contributed by atoms with E-state index in [9.17, 15) is 13.2 Å². The van der Waals surface area contributed by atoms with Gasteiger partial charge in [0.2, 0.25) is 0 Å². The number of furan rings is 1. The number of fused-ring (bicyclic) bond motifs is 3. The average Bonchev–Trinajstić information content (AvgIpc) is 3.12. The van der Waals surface area contributed by atoms with Gasteiger partial charge in [0.15, 0.2) is 9.84 Å². The molecule has 0 radical (unpaired) electrons. The highest BCUT2D eigenvalue weighted by atomic mass is 32.2. The number of hydrogen-bond acceptors (Lipinski definition) is 7. The molecule has 0 unspecified atom stereocenters. The van der Waals surface area contributed by atoms with Gasteiger partial charge in [-0.05, 0) is 42.0 Å². The molecule has 0 saturated carbocycles. The third-order valence-electron chi connectivity index (χ3n) is 5.36. The van der Waals surface area contributed by atoms with E-state index in [1.165, 1.54) is 0 Å². The Balaban J connectivity index is 1.46. The standard InChI is InChI=1S/C22H25NO6S/c1-2-27-21(24)14-17-15-29-20-6-3-16-13-18(4-5-19(16)22(17)20)28-10-7-23-8-11-30(25,26)12-9-23/h3-6,13,15H,2,7-12,14H2,1H3. The molecule has 0 N–H and O–H groups in total. The zero-order chi connectivity index (χ0) is 21.1. The van der Waals surface area contributed by atoms with Crippen LogP contribution in [0, 0.1) is 0 Å². The minimum atomic E-state index is -2.86.